The number of nitrogens with zero attached hydrogens (tertiary/aromatic N) is 2. The second-order valence-corrected chi connectivity index (χ2v) is 7.19. The molecule has 2 aromatic rings. The minimum absolute atomic E-state index is 0.00544. The minimum atomic E-state index is -0.681. The average Bonchev–Trinajstić information content (AvgIpc) is 3.23. The molecule has 3 amide bonds. The first kappa shape index (κ1) is 18.9. The van der Waals surface area contributed by atoms with E-state index in [1.807, 2.05) is 31.2 Å². The fraction of sp³-hybridized carbons (Fsp3) is 0.273. The maximum absolute atomic E-state index is 12.7. The molecule has 148 valence electrons. The first-order valence-electron chi connectivity index (χ1n) is 9.48. The molecule has 1 fully saturated rings. The van der Waals surface area contributed by atoms with Gasteiger partial charge in [0.2, 0.25) is 11.8 Å². The summed E-state index contributed by atoms with van der Waals surface area (Å²) in [5.74, 6) is -1.56. The quantitative estimate of drug-likeness (QED) is 0.590. The van der Waals surface area contributed by atoms with Gasteiger partial charge in [0.1, 0.15) is 0 Å². The van der Waals surface area contributed by atoms with Gasteiger partial charge in [-0.05, 0) is 43.2 Å². The minimum Gasteiger partial charge on any atom is -0.452 e. The van der Waals surface area contributed by atoms with Crippen molar-refractivity contribution < 1.29 is 23.9 Å². The highest BCUT2D eigenvalue weighted by atomic mass is 16.5. The Hall–Kier alpha value is -3.48. The summed E-state index contributed by atoms with van der Waals surface area (Å²) in [5, 5.41) is 0. The molecular formula is C22H20N2O5. The SMILES string of the molecule is C[C@@H]1Cc2ccccc2N1C(=O)COC(=O)c1cccc(N2C(=O)CCC2=O)c1. The summed E-state index contributed by atoms with van der Waals surface area (Å²) >= 11 is 0. The highest BCUT2D eigenvalue weighted by Crippen LogP contribution is 2.31. The molecule has 0 unspecified atom stereocenters. The first-order chi connectivity index (χ1) is 14.0. The smallest absolute Gasteiger partial charge is 0.338 e. The van der Waals surface area contributed by atoms with E-state index in [0.717, 1.165) is 22.6 Å². The summed E-state index contributed by atoms with van der Waals surface area (Å²) in [5.41, 5.74) is 2.44. The van der Waals surface area contributed by atoms with Crippen LogP contribution >= 0.6 is 0 Å². The summed E-state index contributed by atoms with van der Waals surface area (Å²) in [7, 11) is 0. The van der Waals surface area contributed by atoms with E-state index in [1.54, 1.807) is 17.0 Å². The molecule has 0 radical (unpaired) electrons. The number of imide groups is 1. The Morgan fingerprint density at radius 1 is 1.03 bits per heavy atom. The Labute approximate surface area is 167 Å². The van der Waals surface area contributed by atoms with Gasteiger partial charge in [0, 0.05) is 24.6 Å². The maximum atomic E-state index is 12.7. The van der Waals surface area contributed by atoms with Crippen molar-refractivity contribution >= 4 is 35.1 Å². The van der Waals surface area contributed by atoms with Crippen LogP contribution in [0.3, 0.4) is 0 Å². The molecule has 0 aromatic heterocycles. The molecule has 1 saturated heterocycles. The number of carbonyl (C=O) groups excluding carboxylic acids is 4. The summed E-state index contributed by atoms with van der Waals surface area (Å²) in [6, 6.07) is 13.8. The van der Waals surface area contributed by atoms with Crippen LogP contribution in [0.4, 0.5) is 11.4 Å². The van der Waals surface area contributed by atoms with Crippen molar-refractivity contribution in [1.82, 2.24) is 0 Å². The topological polar surface area (TPSA) is 84.0 Å². The van der Waals surface area contributed by atoms with Crippen LogP contribution in [0.15, 0.2) is 48.5 Å². The first-order valence-corrected chi connectivity index (χ1v) is 9.48. The van der Waals surface area contributed by atoms with Crippen LogP contribution in [0.2, 0.25) is 0 Å². The van der Waals surface area contributed by atoms with Crippen molar-refractivity contribution in [3.05, 3.63) is 59.7 Å². The van der Waals surface area contributed by atoms with Gasteiger partial charge >= 0.3 is 5.97 Å². The van der Waals surface area contributed by atoms with Gasteiger partial charge in [0.15, 0.2) is 6.61 Å². The molecule has 1 atom stereocenters. The lowest BCUT2D eigenvalue weighted by Gasteiger charge is -2.22. The molecule has 2 aromatic carbocycles. The number of fused-ring (bicyclic) bond motifs is 1. The molecule has 7 nitrogen and oxygen atoms in total. The number of amides is 3. The summed E-state index contributed by atoms with van der Waals surface area (Å²) < 4.78 is 5.22. The third kappa shape index (κ3) is 3.51. The predicted octanol–water partition coefficient (Wildman–Crippen LogP) is 2.47. The second-order valence-electron chi connectivity index (χ2n) is 7.19. The Morgan fingerprint density at radius 2 is 1.76 bits per heavy atom. The normalized spacial score (nSPS) is 18.2. The summed E-state index contributed by atoms with van der Waals surface area (Å²) in [6.45, 7) is 1.57. The van der Waals surface area contributed by atoms with Crippen LogP contribution < -0.4 is 9.80 Å². The molecule has 29 heavy (non-hydrogen) atoms. The largest absolute Gasteiger partial charge is 0.452 e. The van der Waals surface area contributed by atoms with Crippen LogP contribution in [-0.2, 0) is 25.5 Å². The molecular weight excluding hydrogens is 372 g/mol. The lowest BCUT2D eigenvalue weighted by molar-refractivity contribution is -0.122. The molecule has 0 spiro atoms. The Morgan fingerprint density at radius 3 is 2.52 bits per heavy atom. The lowest BCUT2D eigenvalue weighted by Crippen LogP contribution is -2.38. The van der Waals surface area contributed by atoms with Crippen molar-refractivity contribution in [3.8, 4) is 0 Å². The molecule has 7 heteroatoms. The van der Waals surface area contributed by atoms with Gasteiger partial charge in [-0.3, -0.25) is 19.3 Å². The molecule has 4 rings (SSSR count). The van der Waals surface area contributed by atoms with Gasteiger partial charge in [0.05, 0.1) is 11.3 Å². The van der Waals surface area contributed by atoms with Crippen LogP contribution in [0.1, 0.15) is 35.7 Å². The highest BCUT2D eigenvalue weighted by Gasteiger charge is 2.32. The zero-order valence-electron chi connectivity index (χ0n) is 16.0. The van der Waals surface area contributed by atoms with Crippen LogP contribution in [0.25, 0.3) is 0 Å². The number of hydrogen-bond acceptors (Lipinski definition) is 5. The second kappa shape index (κ2) is 7.50. The number of anilines is 2. The monoisotopic (exact) mass is 392 g/mol. The number of rotatable bonds is 4. The molecule has 2 aliphatic heterocycles. The van der Waals surface area contributed by atoms with Crippen LogP contribution in [0.5, 0.6) is 0 Å². The summed E-state index contributed by atoms with van der Waals surface area (Å²) in [6.07, 6.45) is 1.09. The predicted molar refractivity (Wildman–Crippen MR) is 106 cm³/mol. The fourth-order valence-electron chi connectivity index (χ4n) is 3.86. The summed E-state index contributed by atoms with van der Waals surface area (Å²) in [4.78, 5) is 51.6. The van der Waals surface area contributed by atoms with E-state index in [0.29, 0.717) is 5.69 Å². The van der Waals surface area contributed by atoms with E-state index < -0.39 is 5.97 Å². The standard InChI is InChI=1S/C22H20N2O5/c1-14-11-15-5-2-3-8-18(15)23(14)21(27)13-29-22(28)16-6-4-7-17(12-16)24-19(25)9-10-20(24)26/h2-8,12,14H,9-11,13H2,1H3/t14-/m1/s1. The number of hydrogen-bond donors (Lipinski definition) is 0. The maximum Gasteiger partial charge on any atom is 0.338 e. The Bertz CT molecular complexity index is 1000. The molecule has 0 bridgehead atoms. The van der Waals surface area contributed by atoms with Crippen molar-refractivity contribution in [2.75, 3.05) is 16.4 Å². The van der Waals surface area contributed by atoms with Gasteiger partial charge in [0.25, 0.3) is 5.91 Å². The van der Waals surface area contributed by atoms with Crippen molar-refractivity contribution in [2.45, 2.75) is 32.2 Å². The van der Waals surface area contributed by atoms with Gasteiger partial charge in [-0.2, -0.15) is 0 Å². The molecule has 0 saturated carbocycles. The zero-order valence-corrected chi connectivity index (χ0v) is 16.0. The van der Waals surface area contributed by atoms with E-state index in [9.17, 15) is 19.2 Å². The van der Waals surface area contributed by atoms with Gasteiger partial charge in [-0.1, -0.05) is 24.3 Å². The highest BCUT2D eigenvalue weighted by molar-refractivity contribution is 6.20. The van der Waals surface area contributed by atoms with E-state index in [-0.39, 0.29) is 48.8 Å². The number of esters is 1. The molecule has 2 aliphatic rings. The lowest BCUT2D eigenvalue weighted by atomic mass is 10.1. The van der Waals surface area contributed by atoms with Gasteiger partial charge in [-0.25, -0.2) is 4.79 Å². The molecule has 0 aliphatic carbocycles. The van der Waals surface area contributed by atoms with E-state index in [2.05, 4.69) is 0 Å². The van der Waals surface area contributed by atoms with Crippen molar-refractivity contribution in [2.24, 2.45) is 0 Å². The number of benzene rings is 2. The van der Waals surface area contributed by atoms with Crippen molar-refractivity contribution in [3.63, 3.8) is 0 Å². The third-order valence-corrected chi connectivity index (χ3v) is 5.19. The van der Waals surface area contributed by atoms with E-state index in [1.165, 1.54) is 12.1 Å². The zero-order chi connectivity index (χ0) is 20.5. The van der Waals surface area contributed by atoms with Crippen LogP contribution in [-0.4, -0.2) is 36.3 Å². The number of ether oxygens (including phenoxy) is 1. The average molecular weight is 392 g/mol. The van der Waals surface area contributed by atoms with Crippen LogP contribution in [0, 0.1) is 0 Å². The molecule has 2 heterocycles. The fourth-order valence-corrected chi connectivity index (χ4v) is 3.86. The Kier molecular flexibility index (Phi) is 4.88. The Balaban J connectivity index is 1.44. The van der Waals surface area contributed by atoms with Gasteiger partial charge in [-0.15, -0.1) is 0 Å². The van der Waals surface area contributed by atoms with Gasteiger partial charge < -0.3 is 9.64 Å². The molecule has 0 N–H and O–H groups in total. The number of carbonyl (C=O) groups is 4. The van der Waals surface area contributed by atoms with E-state index >= 15 is 0 Å². The van der Waals surface area contributed by atoms with Crippen molar-refractivity contribution in [1.29, 1.82) is 0 Å². The van der Waals surface area contributed by atoms with E-state index in [4.69, 9.17) is 4.74 Å². The third-order valence-electron chi connectivity index (χ3n) is 5.19. The number of para-hydroxylation sites is 1.